The minimum Gasteiger partial charge on any atom is -0.465 e. The van der Waals surface area contributed by atoms with E-state index in [-0.39, 0.29) is 17.6 Å². The van der Waals surface area contributed by atoms with E-state index < -0.39 is 17.4 Å². The number of aromatic nitrogens is 3. The summed E-state index contributed by atoms with van der Waals surface area (Å²) in [5, 5.41) is 14.2. The van der Waals surface area contributed by atoms with Crippen LogP contribution >= 0.6 is 27.3 Å². The Morgan fingerprint density at radius 2 is 2.23 bits per heavy atom. The Labute approximate surface area is 161 Å². The molecule has 0 saturated carbocycles. The Morgan fingerprint density at radius 1 is 1.46 bits per heavy atom. The molecule has 0 bridgehead atoms. The number of carbonyl (C=O) groups is 1. The van der Waals surface area contributed by atoms with E-state index in [2.05, 4.69) is 32.1 Å². The molecule has 0 radical (unpaired) electrons. The zero-order valence-electron chi connectivity index (χ0n) is 13.7. The molecule has 0 aliphatic heterocycles. The Hall–Kier alpha value is -2.57. The molecule has 2 heterocycles. The largest absolute Gasteiger partial charge is 0.465 e. The van der Waals surface area contributed by atoms with Gasteiger partial charge in [0.25, 0.3) is 5.56 Å². The van der Waals surface area contributed by atoms with Crippen LogP contribution in [0, 0.1) is 11.3 Å². The van der Waals surface area contributed by atoms with Crippen molar-refractivity contribution in [2.24, 2.45) is 0 Å². The number of carbonyl (C=O) groups excluding carboxylic acids is 1. The average molecular weight is 433 g/mol. The Kier molecular flexibility index (Phi) is 5.44. The number of fused-ring (bicyclic) bond motifs is 1. The van der Waals surface area contributed by atoms with E-state index in [4.69, 9.17) is 4.74 Å². The molecule has 7 nitrogen and oxygen atoms in total. The maximum Gasteiger partial charge on any atom is 0.327 e. The standard InChI is InChI=1S/C17H13BrN4O3S/c1-2-25-14(23)9-22-17(24)15(18)11(8-20-22)10(7-19)16-21-12-5-3-4-6-13(12)26-16/h3-6,8,10H,2,9H2,1H3/t10-/m0/s1. The van der Waals surface area contributed by atoms with Crippen molar-refractivity contribution in [3.05, 3.63) is 55.9 Å². The van der Waals surface area contributed by atoms with Crippen molar-refractivity contribution in [1.29, 1.82) is 5.26 Å². The lowest BCUT2D eigenvalue weighted by molar-refractivity contribution is -0.144. The first-order valence-electron chi connectivity index (χ1n) is 7.71. The van der Waals surface area contributed by atoms with Crippen LogP contribution in [0.15, 0.2) is 39.7 Å². The van der Waals surface area contributed by atoms with Gasteiger partial charge in [-0.1, -0.05) is 12.1 Å². The van der Waals surface area contributed by atoms with Gasteiger partial charge in [-0.3, -0.25) is 9.59 Å². The van der Waals surface area contributed by atoms with Gasteiger partial charge in [0.15, 0.2) is 0 Å². The molecule has 0 N–H and O–H groups in total. The van der Waals surface area contributed by atoms with Crippen molar-refractivity contribution in [3.8, 4) is 6.07 Å². The quantitative estimate of drug-likeness (QED) is 0.574. The lowest BCUT2D eigenvalue weighted by Gasteiger charge is -2.10. The fourth-order valence-corrected chi connectivity index (χ4v) is 3.96. The molecule has 9 heteroatoms. The normalized spacial score (nSPS) is 11.9. The summed E-state index contributed by atoms with van der Waals surface area (Å²) < 4.78 is 6.97. The van der Waals surface area contributed by atoms with E-state index in [1.165, 1.54) is 17.5 Å². The number of nitrogens with zero attached hydrogens (tertiary/aromatic N) is 4. The summed E-state index contributed by atoms with van der Waals surface area (Å²) in [7, 11) is 0. The third-order valence-electron chi connectivity index (χ3n) is 3.59. The van der Waals surface area contributed by atoms with Gasteiger partial charge in [-0.05, 0) is 35.0 Å². The van der Waals surface area contributed by atoms with Crippen molar-refractivity contribution in [2.75, 3.05) is 6.61 Å². The number of hydrogen-bond donors (Lipinski definition) is 0. The summed E-state index contributed by atoms with van der Waals surface area (Å²) in [6, 6.07) is 9.76. The molecule has 0 aliphatic rings. The SMILES string of the molecule is CCOC(=O)Cn1ncc([C@H](C#N)c2nc3ccccc3s2)c(Br)c1=O. The second-order valence-electron chi connectivity index (χ2n) is 5.26. The monoisotopic (exact) mass is 432 g/mol. The van der Waals surface area contributed by atoms with Crippen LogP contribution in [0.4, 0.5) is 0 Å². The minimum absolute atomic E-state index is 0.183. The van der Waals surface area contributed by atoms with E-state index >= 15 is 0 Å². The van der Waals surface area contributed by atoms with Crippen LogP contribution in [-0.4, -0.2) is 27.3 Å². The molecule has 3 rings (SSSR count). The number of benzene rings is 1. The number of ether oxygens (including phenoxy) is 1. The van der Waals surface area contributed by atoms with Crippen LogP contribution < -0.4 is 5.56 Å². The number of halogens is 1. The van der Waals surface area contributed by atoms with Crippen LogP contribution in [0.2, 0.25) is 0 Å². The first-order chi connectivity index (χ1) is 12.5. The Balaban J connectivity index is 1.99. The van der Waals surface area contributed by atoms with Gasteiger partial charge in [-0.15, -0.1) is 11.3 Å². The summed E-state index contributed by atoms with van der Waals surface area (Å²) in [6.07, 6.45) is 1.41. The molecular weight excluding hydrogens is 420 g/mol. The number of hydrogen-bond acceptors (Lipinski definition) is 7. The van der Waals surface area contributed by atoms with E-state index in [1.807, 2.05) is 24.3 Å². The lowest BCUT2D eigenvalue weighted by Crippen LogP contribution is -2.29. The molecule has 0 unspecified atom stereocenters. The summed E-state index contributed by atoms with van der Waals surface area (Å²) in [5.41, 5.74) is 0.709. The number of thiazole rings is 1. The molecule has 0 aliphatic carbocycles. The predicted molar refractivity (Wildman–Crippen MR) is 99.9 cm³/mol. The summed E-state index contributed by atoms with van der Waals surface area (Å²) >= 11 is 4.64. The second-order valence-corrected chi connectivity index (χ2v) is 7.12. The first kappa shape index (κ1) is 18.2. The van der Waals surface area contributed by atoms with Gasteiger partial charge in [0.1, 0.15) is 17.5 Å². The van der Waals surface area contributed by atoms with Crippen molar-refractivity contribution >= 4 is 43.5 Å². The molecule has 0 amide bonds. The second kappa shape index (κ2) is 7.76. The number of esters is 1. The molecule has 0 spiro atoms. The van der Waals surface area contributed by atoms with E-state index in [1.54, 1.807) is 6.92 Å². The maximum atomic E-state index is 12.5. The average Bonchev–Trinajstić information content (AvgIpc) is 3.05. The minimum atomic E-state index is -0.737. The van der Waals surface area contributed by atoms with Crippen LogP contribution in [0.1, 0.15) is 23.4 Å². The number of rotatable bonds is 5. The molecule has 132 valence electrons. The molecule has 0 saturated heterocycles. The highest BCUT2D eigenvalue weighted by molar-refractivity contribution is 9.10. The molecular formula is C17H13BrN4O3S. The fourth-order valence-electron chi connectivity index (χ4n) is 2.39. The topological polar surface area (TPSA) is 97.9 Å². The Bertz CT molecular complexity index is 1040. The highest BCUT2D eigenvalue weighted by atomic mass is 79.9. The summed E-state index contributed by atoms with van der Waals surface area (Å²) in [6.45, 7) is 1.62. The zero-order valence-corrected chi connectivity index (χ0v) is 16.1. The van der Waals surface area contributed by atoms with Gasteiger partial charge in [0, 0.05) is 5.56 Å². The van der Waals surface area contributed by atoms with Gasteiger partial charge in [0.2, 0.25) is 0 Å². The third-order valence-corrected chi connectivity index (χ3v) is 5.49. The molecule has 3 aromatic rings. The van der Waals surface area contributed by atoms with Gasteiger partial charge in [-0.2, -0.15) is 10.4 Å². The maximum absolute atomic E-state index is 12.5. The van der Waals surface area contributed by atoms with Crippen molar-refractivity contribution in [3.63, 3.8) is 0 Å². The summed E-state index contributed by atoms with van der Waals surface area (Å²) in [4.78, 5) is 28.5. The highest BCUT2D eigenvalue weighted by Crippen LogP contribution is 2.33. The van der Waals surface area contributed by atoms with E-state index in [0.29, 0.717) is 10.6 Å². The zero-order chi connectivity index (χ0) is 18.7. The Morgan fingerprint density at radius 3 is 2.92 bits per heavy atom. The molecule has 2 aromatic heterocycles. The molecule has 26 heavy (non-hydrogen) atoms. The van der Waals surface area contributed by atoms with Crippen LogP contribution in [0.3, 0.4) is 0 Å². The number of nitriles is 1. The van der Waals surface area contributed by atoms with Crippen LogP contribution in [0.25, 0.3) is 10.2 Å². The van der Waals surface area contributed by atoms with Gasteiger partial charge < -0.3 is 4.74 Å². The van der Waals surface area contributed by atoms with Crippen molar-refractivity contribution < 1.29 is 9.53 Å². The lowest BCUT2D eigenvalue weighted by atomic mass is 10.0. The van der Waals surface area contributed by atoms with E-state index in [9.17, 15) is 14.9 Å². The molecule has 1 aromatic carbocycles. The summed E-state index contributed by atoms with van der Waals surface area (Å²) in [5.74, 6) is -1.29. The number of para-hydroxylation sites is 1. The van der Waals surface area contributed by atoms with Gasteiger partial charge >= 0.3 is 5.97 Å². The van der Waals surface area contributed by atoms with Gasteiger partial charge in [0.05, 0.1) is 33.6 Å². The van der Waals surface area contributed by atoms with Crippen LogP contribution in [0.5, 0.6) is 0 Å². The van der Waals surface area contributed by atoms with Gasteiger partial charge in [-0.25, -0.2) is 9.67 Å². The molecule has 0 fully saturated rings. The predicted octanol–water partition coefficient (Wildman–Crippen LogP) is 2.83. The smallest absolute Gasteiger partial charge is 0.327 e. The van der Waals surface area contributed by atoms with Crippen LogP contribution in [-0.2, 0) is 16.1 Å². The fraction of sp³-hybridized carbons (Fsp3) is 0.235. The van der Waals surface area contributed by atoms with E-state index in [0.717, 1.165) is 14.9 Å². The first-order valence-corrected chi connectivity index (χ1v) is 9.32. The highest BCUT2D eigenvalue weighted by Gasteiger charge is 2.23. The van der Waals surface area contributed by atoms with Crippen molar-refractivity contribution in [2.45, 2.75) is 19.4 Å². The third kappa shape index (κ3) is 3.52. The van der Waals surface area contributed by atoms with Crippen molar-refractivity contribution in [1.82, 2.24) is 14.8 Å². The molecule has 1 atom stereocenters.